The molecule has 1 saturated heterocycles. The molecule has 0 spiro atoms. The molecule has 2 heterocycles. The second-order valence-electron chi connectivity index (χ2n) is 7.47. The Morgan fingerprint density at radius 1 is 1.21 bits per heavy atom. The zero-order valence-electron chi connectivity index (χ0n) is 14.9. The Morgan fingerprint density at radius 3 is 2.46 bits per heavy atom. The summed E-state index contributed by atoms with van der Waals surface area (Å²) in [5, 5.41) is 20.7. The Balaban J connectivity index is 2.14. The SMILES string of the molecule is C[C@@H]1CCC[C@H](C)N1c1cc(C#N)c2cc(C(C)(C)O)ccc2n1. The van der Waals surface area contributed by atoms with E-state index in [2.05, 4.69) is 24.8 Å². The molecule has 0 aliphatic carbocycles. The predicted molar refractivity (Wildman–Crippen MR) is 97.0 cm³/mol. The van der Waals surface area contributed by atoms with Crippen LogP contribution in [0.4, 0.5) is 5.82 Å². The minimum Gasteiger partial charge on any atom is -0.386 e. The van der Waals surface area contributed by atoms with Gasteiger partial charge in [0.25, 0.3) is 0 Å². The number of pyridine rings is 1. The van der Waals surface area contributed by atoms with Crippen molar-refractivity contribution in [3.05, 3.63) is 35.4 Å². The van der Waals surface area contributed by atoms with E-state index in [1.165, 1.54) is 6.42 Å². The van der Waals surface area contributed by atoms with Gasteiger partial charge in [-0.25, -0.2) is 4.98 Å². The van der Waals surface area contributed by atoms with Crippen molar-refractivity contribution < 1.29 is 5.11 Å². The molecule has 2 aromatic rings. The minimum absolute atomic E-state index is 0.431. The highest BCUT2D eigenvalue weighted by atomic mass is 16.3. The molecule has 1 N–H and O–H groups in total. The Morgan fingerprint density at radius 2 is 1.88 bits per heavy atom. The van der Waals surface area contributed by atoms with Gasteiger partial charge in [0.2, 0.25) is 0 Å². The summed E-state index contributed by atoms with van der Waals surface area (Å²) in [6.45, 7) is 7.95. The van der Waals surface area contributed by atoms with Gasteiger partial charge in [0.05, 0.1) is 22.8 Å². The first-order chi connectivity index (χ1) is 11.3. The molecule has 2 atom stereocenters. The number of fused-ring (bicyclic) bond motifs is 1. The Bertz CT molecular complexity index is 791. The molecule has 0 unspecified atom stereocenters. The van der Waals surface area contributed by atoms with Crippen LogP contribution in [0.2, 0.25) is 0 Å². The van der Waals surface area contributed by atoms with E-state index in [4.69, 9.17) is 4.98 Å². The fourth-order valence-electron chi connectivity index (χ4n) is 3.69. The summed E-state index contributed by atoms with van der Waals surface area (Å²) in [6.07, 6.45) is 3.56. The molecule has 4 nitrogen and oxygen atoms in total. The summed E-state index contributed by atoms with van der Waals surface area (Å²) < 4.78 is 0. The van der Waals surface area contributed by atoms with Crippen LogP contribution in [-0.4, -0.2) is 22.2 Å². The monoisotopic (exact) mass is 323 g/mol. The van der Waals surface area contributed by atoms with Crippen LogP contribution in [0, 0.1) is 11.3 Å². The average molecular weight is 323 g/mol. The van der Waals surface area contributed by atoms with Crippen molar-refractivity contribution in [2.24, 2.45) is 0 Å². The molecule has 3 rings (SSSR count). The Hall–Kier alpha value is -2.12. The van der Waals surface area contributed by atoms with Gasteiger partial charge in [0.15, 0.2) is 0 Å². The van der Waals surface area contributed by atoms with Gasteiger partial charge >= 0.3 is 0 Å². The number of nitrogens with zero attached hydrogens (tertiary/aromatic N) is 3. The number of rotatable bonds is 2. The third-order valence-corrected chi connectivity index (χ3v) is 5.08. The summed E-state index contributed by atoms with van der Waals surface area (Å²) >= 11 is 0. The highest BCUT2D eigenvalue weighted by Gasteiger charge is 2.27. The highest BCUT2D eigenvalue weighted by molar-refractivity contribution is 5.87. The molecule has 0 amide bonds. The molecule has 1 aliphatic heterocycles. The molecule has 1 aromatic heterocycles. The zero-order valence-corrected chi connectivity index (χ0v) is 14.9. The number of piperidine rings is 1. The maximum absolute atomic E-state index is 10.2. The van der Waals surface area contributed by atoms with Crippen LogP contribution in [0.3, 0.4) is 0 Å². The standard InChI is InChI=1S/C20H25N3O/c1-13-6-5-7-14(2)23(13)19-10-15(12-21)17-11-16(20(3,4)24)8-9-18(17)22-19/h8-11,13-14,24H,5-7H2,1-4H3/t13-,14+. The van der Waals surface area contributed by atoms with Gasteiger partial charge in [-0.15, -0.1) is 0 Å². The van der Waals surface area contributed by atoms with Crippen LogP contribution in [0.1, 0.15) is 58.1 Å². The lowest BCUT2D eigenvalue weighted by atomic mass is 9.95. The molecule has 1 aliphatic rings. The van der Waals surface area contributed by atoms with Crippen molar-refractivity contribution in [3.8, 4) is 6.07 Å². The first kappa shape index (κ1) is 16.7. The maximum atomic E-state index is 10.2. The number of hydrogen-bond donors (Lipinski definition) is 1. The van der Waals surface area contributed by atoms with Crippen molar-refractivity contribution >= 4 is 16.7 Å². The van der Waals surface area contributed by atoms with Crippen molar-refractivity contribution in [1.29, 1.82) is 5.26 Å². The van der Waals surface area contributed by atoms with Crippen LogP contribution in [0.25, 0.3) is 10.9 Å². The van der Waals surface area contributed by atoms with E-state index in [-0.39, 0.29) is 0 Å². The first-order valence-electron chi connectivity index (χ1n) is 8.67. The number of benzene rings is 1. The molecule has 24 heavy (non-hydrogen) atoms. The number of hydrogen-bond acceptors (Lipinski definition) is 4. The van der Waals surface area contributed by atoms with Crippen LogP contribution in [0.5, 0.6) is 0 Å². The highest BCUT2D eigenvalue weighted by Crippen LogP contribution is 2.32. The van der Waals surface area contributed by atoms with E-state index < -0.39 is 5.60 Å². The van der Waals surface area contributed by atoms with Gasteiger partial charge in [0, 0.05) is 17.5 Å². The van der Waals surface area contributed by atoms with E-state index in [0.717, 1.165) is 35.1 Å². The maximum Gasteiger partial charge on any atom is 0.131 e. The van der Waals surface area contributed by atoms with Crippen molar-refractivity contribution in [3.63, 3.8) is 0 Å². The van der Waals surface area contributed by atoms with Crippen molar-refractivity contribution in [2.45, 2.75) is 64.6 Å². The minimum atomic E-state index is -0.935. The molecule has 0 radical (unpaired) electrons. The first-order valence-corrected chi connectivity index (χ1v) is 8.67. The number of aliphatic hydroxyl groups is 1. The van der Waals surface area contributed by atoms with Crippen molar-refractivity contribution in [2.75, 3.05) is 4.90 Å². The predicted octanol–water partition coefficient (Wildman–Crippen LogP) is 4.10. The van der Waals surface area contributed by atoms with E-state index in [1.807, 2.05) is 24.3 Å². The topological polar surface area (TPSA) is 60.2 Å². The Labute approximate surface area is 143 Å². The van der Waals surface area contributed by atoms with E-state index in [1.54, 1.807) is 13.8 Å². The lowest BCUT2D eigenvalue weighted by Gasteiger charge is -2.40. The summed E-state index contributed by atoms with van der Waals surface area (Å²) in [6, 6.07) is 10.8. The van der Waals surface area contributed by atoms with Crippen LogP contribution in [0.15, 0.2) is 24.3 Å². The van der Waals surface area contributed by atoms with Gasteiger partial charge in [0.1, 0.15) is 5.82 Å². The number of aromatic nitrogens is 1. The van der Waals surface area contributed by atoms with Crippen LogP contribution < -0.4 is 4.90 Å². The fourth-order valence-corrected chi connectivity index (χ4v) is 3.69. The van der Waals surface area contributed by atoms with Crippen molar-refractivity contribution in [1.82, 2.24) is 4.98 Å². The molecule has 126 valence electrons. The Kier molecular flexibility index (Phi) is 4.23. The van der Waals surface area contributed by atoms with E-state index >= 15 is 0 Å². The molecular formula is C20H25N3O. The van der Waals surface area contributed by atoms with Gasteiger partial charge < -0.3 is 10.0 Å². The lowest BCUT2D eigenvalue weighted by molar-refractivity contribution is 0.0787. The molecule has 1 fully saturated rings. The molecule has 0 saturated carbocycles. The molecular weight excluding hydrogens is 298 g/mol. The van der Waals surface area contributed by atoms with Gasteiger partial charge in [-0.05, 0) is 70.7 Å². The van der Waals surface area contributed by atoms with Gasteiger partial charge in [-0.3, -0.25) is 0 Å². The van der Waals surface area contributed by atoms with E-state index in [0.29, 0.717) is 17.6 Å². The fraction of sp³-hybridized carbons (Fsp3) is 0.500. The third kappa shape index (κ3) is 2.97. The number of nitriles is 1. The average Bonchev–Trinajstić information content (AvgIpc) is 2.52. The summed E-state index contributed by atoms with van der Waals surface area (Å²) in [5.74, 6) is 0.884. The quantitative estimate of drug-likeness (QED) is 0.904. The number of anilines is 1. The summed E-state index contributed by atoms with van der Waals surface area (Å²) in [7, 11) is 0. The summed E-state index contributed by atoms with van der Waals surface area (Å²) in [4.78, 5) is 7.17. The zero-order chi connectivity index (χ0) is 17.5. The smallest absolute Gasteiger partial charge is 0.131 e. The normalized spacial score (nSPS) is 21.8. The summed E-state index contributed by atoms with van der Waals surface area (Å²) in [5.41, 5.74) is 1.28. The third-order valence-electron chi connectivity index (χ3n) is 5.08. The van der Waals surface area contributed by atoms with Gasteiger partial charge in [-0.2, -0.15) is 5.26 Å². The van der Waals surface area contributed by atoms with Gasteiger partial charge in [-0.1, -0.05) is 6.07 Å². The lowest BCUT2D eigenvalue weighted by Crippen LogP contribution is -2.44. The molecule has 1 aromatic carbocycles. The van der Waals surface area contributed by atoms with Crippen LogP contribution in [-0.2, 0) is 5.60 Å². The second-order valence-corrected chi connectivity index (χ2v) is 7.47. The molecule has 4 heteroatoms. The molecule has 0 bridgehead atoms. The van der Waals surface area contributed by atoms with Crippen LogP contribution >= 0.6 is 0 Å². The largest absolute Gasteiger partial charge is 0.386 e. The second kappa shape index (κ2) is 6.07. The van der Waals surface area contributed by atoms with E-state index in [9.17, 15) is 10.4 Å².